The van der Waals surface area contributed by atoms with Crippen LogP contribution in [0.5, 0.6) is 0 Å². The van der Waals surface area contributed by atoms with Crippen molar-refractivity contribution < 1.29 is 4.39 Å². The summed E-state index contributed by atoms with van der Waals surface area (Å²) in [6, 6.07) is 7.99. The molecule has 2 aromatic heterocycles. The number of halogens is 2. The fraction of sp³-hybridized carbons (Fsp3) is 0.440. The molecule has 2 unspecified atom stereocenters. The van der Waals surface area contributed by atoms with Gasteiger partial charge in [0.25, 0.3) is 0 Å². The Morgan fingerprint density at radius 3 is 2.78 bits per heavy atom. The molecule has 0 radical (unpaired) electrons. The molecule has 1 aliphatic carbocycles. The van der Waals surface area contributed by atoms with E-state index in [0.29, 0.717) is 23.8 Å². The van der Waals surface area contributed by atoms with Crippen LogP contribution in [0.15, 0.2) is 54.5 Å². The van der Waals surface area contributed by atoms with Crippen LogP contribution in [0.1, 0.15) is 52.9 Å². The van der Waals surface area contributed by atoms with Crippen LogP contribution in [-0.2, 0) is 0 Å². The van der Waals surface area contributed by atoms with Crippen LogP contribution in [0.4, 0.5) is 16.0 Å². The van der Waals surface area contributed by atoms with Gasteiger partial charge >= 0.3 is 0 Å². The number of nitrogens with one attached hydrogen (secondary N) is 2. The Labute approximate surface area is 196 Å². The van der Waals surface area contributed by atoms with E-state index in [1.165, 1.54) is 18.9 Å². The lowest BCUT2D eigenvalue weighted by Gasteiger charge is -2.29. The highest BCUT2D eigenvalue weighted by Crippen LogP contribution is 2.30. The molecule has 5 nitrogen and oxygen atoms in total. The van der Waals surface area contributed by atoms with Crippen LogP contribution in [0, 0.1) is 0 Å². The first kappa shape index (κ1) is 25.8. The van der Waals surface area contributed by atoms with Crippen LogP contribution in [0.3, 0.4) is 0 Å². The molecule has 1 fully saturated rings. The van der Waals surface area contributed by atoms with Crippen molar-refractivity contribution in [3.8, 4) is 11.3 Å². The molecule has 3 rings (SSSR count). The average molecular weight is 460 g/mol. The van der Waals surface area contributed by atoms with Gasteiger partial charge in [-0.25, -0.2) is 14.4 Å². The molecule has 2 aromatic rings. The quantitative estimate of drug-likeness (QED) is 0.301. The molecule has 0 aliphatic heterocycles. The van der Waals surface area contributed by atoms with Gasteiger partial charge in [-0.15, -0.1) is 0 Å². The summed E-state index contributed by atoms with van der Waals surface area (Å²) in [5.74, 6) is 1.23. The number of rotatable bonds is 8. The Kier molecular flexibility index (Phi) is 11.2. The van der Waals surface area contributed by atoms with E-state index in [1.807, 2.05) is 38.1 Å². The van der Waals surface area contributed by atoms with E-state index >= 15 is 0 Å². The van der Waals surface area contributed by atoms with Crippen molar-refractivity contribution in [1.82, 2.24) is 9.97 Å². The van der Waals surface area contributed by atoms with Gasteiger partial charge in [0.2, 0.25) is 0 Å². The third-order valence-electron chi connectivity index (χ3n) is 5.15. The summed E-state index contributed by atoms with van der Waals surface area (Å²) >= 11 is 6.41. The first-order valence-corrected chi connectivity index (χ1v) is 11.8. The van der Waals surface area contributed by atoms with E-state index in [-0.39, 0.29) is 17.9 Å². The summed E-state index contributed by atoms with van der Waals surface area (Å²) in [5.41, 5.74) is 7.81. The third kappa shape index (κ3) is 7.92. The lowest BCUT2D eigenvalue weighted by Crippen LogP contribution is -2.42. The summed E-state index contributed by atoms with van der Waals surface area (Å²) in [6.07, 6.45) is 11.3. The standard InChI is InChI=1S/C23H29ClFN5.C2H6/c1-2-7-16(25)8-6-13-27-22-12-5-11-20(29-22)17-14-23(28-15-18(17)24)30-21-10-4-3-9-19(21)26;1-2/h2,5,7-8,11-12,14-15,19,21H,3-4,6,9-10,13,26H2,1H3,(H,27,29)(H,28,30);1-2H3/b7-2-,16-8+;. The SMILES string of the molecule is C/C=C\C(F)=C/CCNc1cccc(-c2cc(NC3CCCCC3N)ncc2Cl)n1.CC. The second kappa shape index (κ2) is 13.9. The topological polar surface area (TPSA) is 75.9 Å². The molecule has 2 atom stereocenters. The van der Waals surface area contributed by atoms with Crippen LogP contribution < -0.4 is 16.4 Å². The van der Waals surface area contributed by atoms with E-state index in [4.69, 9.17) is 17.3 Å². The monoisotopic (exact) mass is 459 g/mol. The number of anilines is 2. The van der Waals surface area contributed by atoms with E-state index in [1.54, 1.807) is 25.3 Å². The molecule has 0 saturated heterocycles. The maximum Gasteiger partial charge on any atom is 0.126 e. The summed E-state index contributed by atoms with van der Waals surface area (Å²) in [5, 5.41) is 7.22. The largest absolute Gasteiger partial charge is 0.370 e. The highest BCUT2D eigenvalue weighted by Gasteiger charge is 2.22. The Morgan fingerprint density at radius 2 is 2.03 bits per heavy atom. The van der Waals surface area contributed by atoms with Gasteiger partial charge in [0.05, 0.1) is 10.7 Å². The maximum absolute atomic E-state index is 13.4. The average Bonchev–Trinajstić information content (AvgIpc) is 2.81. The molecule has 1 aliphatic rings. The van der Waals surface area contributed by atoms with E-state index in [9.17, 15) is 4.39 Å². The van der Waals surface area contributed by atoms with E-state index in [2.05, 4.69) is 20.6 Å². The number of nitrogens with zero attached hydrogens (tertiary/aromatic N) is 2. The number of hydrogen-bond acceptors (Lipinski definition) is 5. The van der Waals surface area contributed by atoms with Crippen molar-refractivity contribution in [3.63, 3.8) is 0 Å². The molecule has 2 heterocycles. The van der Waals surface area contributed by atoms with Crippen LogP contribution in [0.2, 0.25) is 5.02 Å². The third-order valence-corrected chi connectivity index (χ3v) is 5.45. The maximum atomic E-state index is 13.4. The fourth-order valence-corrected chi connectivity index (χ4v) is 3.76. The molecule has 1 saturated carbocycles. The summed E-state index contributed by atoms with van der Waals surface area (Å²) in [4.78, 5) is 9.07. The molecular formula is C25H35ClFN5. The van der Waals surface area contributed by atoms with Crippen molar-refractivity contribution in [2.75, 3.05) is 17.2 Å². The minimum absolute atomic E-state index is 0.136. The Morgan fingerprint density at radius 1 is 1.25 bits per heavy atom. The van der Waals surface area contributed by atoms with Crippen molar-refractivity contribution in [2.45, 2.75) is 65.0 Å². The van der Waals surface area contributed by atoms with Crippen molar-refractivity contribution in [2.24, 2.45) is 5.73 Å². The highest BCUT2D eigenvalue weighted by molar-refractivity contribution is 6.33. The lowest BCUT2D eigenvalue weighted by atomic mass is 9.91. The Balaban J connectivity index is 0.00000176. The number of aromatic nitrogens is 2. The predicted octanol–water partition coefficient (Wildman–Crippen LogP) is 6.74. The van der Waals surface area contributed by atoms with Crippen molar-refractivity contribution in [3.05, 3.63) is 59.5 Å². The van der Waals surface area contributed by atoms with Crippen LogP contribution >= 0.6 is 11.6 Å². The van der Waals surface area contributed by atoms with Crippen molar-refractivity contribution in [1.29, 1.82) is 0 Å². The van der Waals surface area contributed by atoms with Crippen LogP contribution in [0.25, 0.3) is 11.3 Å². The molecular weight excluding hydrogens is 425 g/mol. The van der Waals surface area contributed by atoms with Gasteiger partial charge in [-0.05, 0) is 56.5 Å². The van der Waals surface area contributed by atoms with E-state index < -0.39 is 0 Å². The normalized spacial score (nSPS) is 18.8. The lowest BCUT2D eigenvalue weighted by molar-refractivity contribution is 0.403. The first-order chi connectivity index (χ1) is 15.6. The second-order valence-corrected chi connectivity index (χ2v) is 7.87. The predicted molar refractivity (Wildman–Crippen MR) is 135 cm³/mol. The molecule has 0 aromatic carbocycles. The summed E-state index contributed by atoms with van der Waals surface area (Å²) in [7, 11) is 0. The van der Waals surface area contributed by atoms with Gasteiger partial charge in [-0.3, -0.25) is 0 Å². The zero-order valence-corrected chi connectivity index (χ0v) is 20.0. The van der Waals surface area contributed by atoms with Gasteiger partial charge in [0.15, 0.2) is 0 Å². The number of pyridine rings is 2. The minimum atomic E-state index is -0.234. The molecule has 32 heavy (non-hydrogen) atoms. The molecule has 0 amide bonds. The van der Waals surface area contributed by atoms with Crippen molar-refractivity contribution >= 4 is 23.2 Å². The van der Waals surface area contributed by atoms with E-state index in [0.717, 1.165) is 29.9 Å². The van der Waals surface area contributed by atoms with Crippen LogP contribution in [-0.4, -0.2) is 28.6 Å². The highest BCUT2D eigenvalue weighted by atomic mass is 35.5. The van der Waals surface area contributed by atoms with Gasteiger partial charge in [0, 0.05) is 30.4 Å². The second-order valence-electron chi connectivity index (χ2n) is 7.46. The zero-order valence-electron chi connectivity index (χ0n) is 19.2. The smallest absolute Gasteiger partial charge is 0.126 e. The number of allylic oxidation sites excluding steroid dienone is 3. The first-order valence-electron chi connectivity index (χ1n) is 11.4. The molecule has 0 bridgehead atoms. The number of nitrogens with two attached hydrogens (primary N) is 1. The Bertz CT molecular complexity index is 900. The fourth-order valence-electron chi connectivity index (χ4n) is 3.56. The number of hydrogen-bond donors (Lipinski definition) is 3. The molecule has 0 spiro atoms. The summed E-state index contributed by atoms with van der Waals surface area (Å²) < 4.78 is 13.4. The zero-order chi connectivity index (χ0) is 23.3. The molecule has 174 valence electrons. The summed E-state index contributed by atoms with van der Waals surface area (Å²) in [6.45, 7) is 6.37. The molecule has 4 N–H and O–H groups in total. The molecule has 7 heteroatoms. The van der Waals surface area contributed by atoms with Gasteiger partial charge < -0.3 is 16.4 Å². The Hall–Kier alpha value is -2.44. The minimum Gasteiger partial charge on any atom is -0.370 e. The van der Waals surface area contributed by atoms with Gasteiger partial charge in [-0.2, -0.15) is 0 Å². The van der Waals surface area contributed by atoms with Gasteiger partial charge in [0.1, 0.15) is 17.5 Å². The van der Waals surface area contributed by atoms with Gasteiger partial charge in [-0.1, -0.05) is 50.4 Å².